The van der Waals surface area contributed by atoms with E-state index in [1.54, 1.807) is 12.3 Å². The number of nitriles is 1. The molecule has 0 radical (unpaired) electrons. The summed E-state index contributed by atoms with van der Waals surface area (Å²) in [6.45, 7) is 0.530. The molecule has 3 aromatic rings. The fraction of sp³-hybridized carbons (Fsp3) is 0.118. The Balaban J connectivity index is 1.80. The highest BCUT2D eigenvalue weighted by molar-refractivity contribution is 5.90. The van der Waals surface area contributed by atoms with Gasteiger partial charge in [-0.15, -0.1) is 0 Å². The summed E-state index contributed by atoms with van der Waals surface area (Å²) >= 11 is 0. The molecule has 0 fully saturated rings. The van der Waals surface area contributed by atoms with Crippen LogP contribution in [0.3, 0.4) is 0 Å². The average Bonchev–Trinajstić information content (AvgIpc) is 2.98. The Labute approximate surface area is 127 Å². The number of fused-ring (bicyclic) bond motifs is 1. The van der Waals surface area contributed by atoms with Crippen LogP contribution in [-0.2, 0) is 6.42 Å². The van der Waals surface area contributed by atoms with Gasteiger partial charge in [0.15, 0.2) is 0 Å². The zero-order valence-corrected chi connectivity index (χ0v) is 11.9. The maximum absolute atomic E-state index is 8.66. The van der Waals surface area contributed by atoms with E-state index in [-0.39, 0.29) is 0 Å². The minimum Gasteiger partial charge on any atom is -0.477 e. The van der Waals surface area contributed by atoms with Gasteiger partial charge >= 0.3 is 0 Å². The van der Waals surface area contributed by atoms with E-state index in [9.17, 15) is 0 Å². The molecule has 1 N–H and O–H groups in total. The Kier molecular flexibility index (Phi) is 4.12. The molecule has 0 aliphatic heterocycles. The highest BCUT2D eigenvalue weighted by atomic mass is 16.5. The first kappa shape index (κ1) is 13.8. The van der Waals surface area contributed by atoms with Gasteiger partial charge in [-0.1, -0.05) is 30.3 Å². The van der Waals surface area contributed by atoms with Crippen LogP contribution in [0, 0.1) is 11.3 Å². The van der Waals surface area contributed by atoms with Crippen molar-refractivity contribution < 1.29 is 4.74 Å². The first-order chi connectivity index (χ1) is 10.9. The summed E-state index contributed by atoms with van der Waals surface area (Å²) in [5.41, 5.74) is 2.75. The van der Waals surface area contributed by atoms with Crippen LogP contribution in [-0.4, -0.2) is 21.6 Å². The van der Waals surface area contributed by atoms with Gasteiger partial charge in [-0.25, -0.2) is 9.97 Å². The fourth-order valence-corrected chi connectivity index (χ4v) is 2.24. The molecule has 0 atom stereocenters. The van der Waals surface area contributed by atoms with E-state index >= 15 is 0 Å². The maximum atomic E-state index is 8.66. The predicted octanol–water partition coefficient (Wildman–Crippen LogP) is 3.12. The molecule has 2 aromatic heterocycles. The molecule has 0 spiro atoms. The molecule has 22 heavy (non-hydrogen) atoms. The zero-order valence-electron chi connectivity index (χ0n) is 11.9. The van der Waals surface area contributed by atoms with Gasteiger partial charge in [-0.3, -0.25) is 0 Å². The number of allylic oxidation sites excluding steroid dienone is 1. The summed E-state index contributed by atoms with van der Waals surface area (Å²) < 4.78 is 5.81. The van der Waals surface area contributed by atoms with Crippen molar-refractivity contribution in [2.75, 3.05) is 6.61 Å². The lowest BCUT2D eigenvalue weighted by atomic mass is 10.2. The van der Waals surface area contributed by atoms with E-state index in [2.05, 4.69) is 27.1 Å². The van der Waals surface area contributed by atoms with Gasteiger partial charge in [0.25, 0.3) is 0 Å². The van der Waals surface area contributed by atoms with E-state index in [0.717, 1.165) is 17.4 Å². The van der Waals surface area contributed by atoms with Crippen molar-refractivity contribution in [1.82, 2.24) is 15.0 Å². The third kappa shape index (κ3) is 2.96. The van der Waals surface area contributed by atoms with Crippen LogP contribution < -0.4 is 4.74 Å². The lowest BCUT2D eigenvalue weighted by Gasteiger charge is -2.06. The van der Waals surface area contributed by atoms with Crippen LogP contribution in [0.25, 0.3) is 17.1 Å². The van der Waals surface area contributed by atoms with Crippen molar-refractivity contribution in [1.29, 1.82) is 5.26 Å². The standard InChI is InChI=1S/C17H14N4O/c18-9-4-7-14-11-19-16-15(14)17(21-12-20-16)22-10-8-13-5-2-1-3-6-13/h1-7,11-12H,8,10H2,(H,19,20,21)/b7-4+. The molecule has 5 nitrogen and oxygen atoms in total. The van der Waals surface area contributed by atoms with Crippen LogP contribution in [0.1, 0.15) is 11.1 Å². The number of hydrogen-bond donors (Lipinski definition) is 1. The summed E-state index contributed by atoms with van der Waals surface area (Å²) in [6.07, 6.45) is 7.20. The van der Waals surface area contributed by atoms with Gasteiger partial charge in [0, 0.05) is 24.3 Å². The number of nitrogens with one attached hydrogen (secondary N) is 1. The Bertz CT molecular complexity index is 831. The second-order valence-electron chi connectivity index (χ2n) is 4.69. The van der Waals surface area contributed by atoms with Crippen molar-refractivity contribution in [2.24, 2.45) is 0 Å². The molecule has 0 unspecified atom stereocenters. The molecule has 1 aromatic carbocycles. The summed E-state index contributed by atoms with van der Waals surface area (Å²) in [5.74, 6) is 0.528. The smallest absolute Gasteiger partial charge is 0.226 e. The number of ether oxygens (including phenoxy) is 1. The van der Waals surface area contributed by atoms with E-state index in [4.69, 9.17) is 10.00 Å². The number of aromatic nitrogens is 3. The second-order valence-corrected chi connectivity index (χ2v) is 4.69. The topological polar surface area (TPSA) is 74.6 Å². The summed E-state index contributed by atoms with van der Waals surface area (Å²) in [5, 5.41) is 9.46. The van der Waals surface area contributed by atoms with E-state index in [0.29, 0.717) is 18.1 Å². The highest BCUT2D eigenvalue weighted by Gasteiger charge is 2.10. The van der Waals surface area contributed by atoms with Crippen molar-refractivity contribution in [3.63, 3.8) is 0 Å². The number of aromatic amines is 1. The lowest BCUT2D eigenvalue weighted by Crippen LogP contribution is -2.03. The molecule has 3 rings (SSSR count). The number of benzene rings is 1. The van der Waals surface area contributed by atoms with Crippen LogP contribution in [0.2, 0.25) is 0 Å². The Hall–Kier alpha value is -3.13. The van der Waals surface area contributed by atoms with Gasteiger partial charge in [0.05, 0.1) is 18.1 Å². The Morgan fingerprint density at radius 2 is 2.09 bits per heavy atom. The molecule has 0 saturated carbocycles. The van der Waals surface area contributed by atoms with E-state index < -0.39 is 0 Å². The quantitative estimate of drug-likeness (QED) is 0.733. The van der Waals surface area contributed by atoms with Crippen LogP contribution >= 0.6 is 0 Å². The van der Waals surface area contributed by atoms with Crippen molar-refractivity contribution in [3.8, 4) is 11.9 Å². The summed E-state index contributed by atoms with van der Waals surface area (Å²) in [4.78, 5) is 11.4. The van der Waals surface area contributed by atoms with Crippen molar-refractivity contribution in [2.45, 2.75) is 6.42 Å². The molecule has 0 amide bonds. The molecule has 0 aliphatic carbocycles. The molecule has 0 bridgehead atoms. The normalized spacial score (nSPS) is 10.9. The predicted molar refractivity (Wildman–Crippen MR) is 84.2 cm³/mol. The molecule has 0 aliphatic rings. The number of H-pyrrole nitrogens is 1. The van der Waals surface area contributed by atoms with Gasteiger partial charge in [0.1, 0.15) is 12.0 Å². The molecular formula is C17H14N4O. The molecule has 5 heteroatoms. The summed E-state index contributed by atoms with van der Waals surface area (Å²) in [6, 6.07) is 12.1. The average molecular weight is 290 g/mol. The SMILES string of the molecule is N#C/C=C/c1c[nH]c2ncnc(OCCc3ccccc3)c12. The van der Waals surface area contributed by atoms with Gasteiger partial charge in [-0.2, -0.15) is 5.26 Å². The fourth-order valence-electron chi connectivity index (χ4n) is 2.24. The lowest BCUT2D eigenvalue weighted by molar-refractivity contribution is 0.313. The molecule has 2 heterocycles. The third-order valence-electron chi connectivity index (χ3n) is 3.28. The number of nitrogens with zero attached hydrogens (tertiary/aromatic N) is 3. The Morgan fingerprint density at radius 3 is 2.91 bits per heavy atom. The van der Waals surface area contributed by atoms with Crippen LogP contribution in [0.5, 0.6) is 5.88 Å². The minimum absolute atomic E-state index is 0.528. The number of hydrogen-bond acceptors (Lipinski definition) is 4. The highest BCUT2D eigenvalue weighted by Crippen LogP contribution is 2.26. The third-order valence-corrected chi connectivity index (χ3v) is 3.28. The first-order valence-electron chi connectivity index (χ1n) is 6.93. The molecular weight excluding hydrogens is 276 g/mol. The maximum Gasteiger partial charge on any atom is 0.226 e. The zero-order chi connectivity index (χ0) is 15.2. The van der Waals surface area contributed by atoms with Gasteiger partial charge in [-0.05, 0) is 11.6 Å². The van der Waals surface area contributed by atoms with Gasteiger partial charge < -0.3 is 9.72 Å². The minimum atomic E-state index is 0.528. The van der Waals surface area contributed by atoms with Crippen molar-refractivity contribution in [3.05, 3.63) is 60.1 Å². The van der Waals surface area contributed by atoms with E-state index in [1.165, 1.54) is 18.0 Å². The number of rotatable bonds is 5. The van der Waals surface area contributed by atoms with Crippen molar-refractivity contribution >= 4 is 17.1 Å². The van der Waals surface area contributed by atoms with E-state index in [1.807, 2.05) is 24.3 Å². The molecule has 108 valence electrons. The Morgan fingerprint density at radius 1 is 1.23 bits per heavy atom. The van der Waals surface area contributed by atoms with Crippen LogP contribution in [0.4, 0.5) is 0 Å². The largest absolute Gasteiger partial charge is 0.477 e. The van der Waals surface area contributed by atoms with Crippen LogP contribution in [0.15, 0.2) is 48.9 Å². The second kappa shape index (κ2) is 6.55. The first-order valence-corrected chi connectivity index (χ1v) is 6.93. The van der Waals surface area contributed by atoms with Gasteiger partial charge in [0.2, 0.25) is 5.88 Å². The molecule has 0 saturated heterocycles. The monoisotopic (exact) mass is 290 g/mol. The summed E-state index contributed by atoms with van der Waals surface area (Å²) in [7, 11) is 0.